The van der Waals surface area contributed by atoms with Crippen molar-refractivity contribution in [2.45, 2.75) is 45.6 Å². The van der Waals surface area contributed by atoms with Crippen LogP contribution < -0.4 is 5.73 Å². The van der Waals surface area contributed by atoms with Gasteiger partial charge in [0.25, 0.3) is 0 Å². The zero-order valence-corrected chi connectivity index (χ0v) is 9.74. The average Bonchev–Trinajstić information content (AvgIpc) is 2.27. The monoisotopic (exact) mass is 217 g/mol. The Morgan fingerprint density at radius 3 is 2.60 bits per heavy atom. The van der Waals surface area contributed by atoms with Crippen LogP contribution in [0.3, 0.4) is 0 Å². The van der Waals surface area contributed by atoms with E-state index in [2.05, 4.69) is 13.8 Å². The van der Waals surface area contributed by atoms with E-state index in [0.717, 1.165) is 25.7 Å². The SMILES string of the molecule is CCCCC(CC)COC(=O)[C@@H](N)CO. The second-order valence-electron chi connectivity index (χ2n) is 3.84. The van der Waals surface area contributed by atoms with Gasteiger partial charge in [0.05, 0.1) is 13.2 Å². The maximum absolute atomic E-state index is 11.2. The number of aliphatic hydroxyl groups excluding tert-OH is 1. The van der Waals surface area contributed by atoms with Crippen molar-refractivity contribution in [1.82, 2.24) is 0 Å². The highest BCUT2D eigenvalue weighted by Gasteiger charge is 2.15. The van der Waals surface area contributed by atoms with E-state index >= 15 is 0 Å². The Labute approximate surface area is 91.8 Å². The van der Waals surface area contributed by atoms with Gasteiger partial charge >= 0.3 is 5.97 Å². The molecule has 0 radical (unpaired) electrons. The molecule has 3 N–H and O–H groups in total. The Morgan fingerprint density at radius 1 is 1.47 bits per heavy atom. The number of ether oxygens (including phenoxy) is 1. The zero-order chi connectivity index (χ0) is 11.7. The maximum Gasteiger partial charge on any atom is 0.325 e. The van der Waals surface area contributed by atoms with Crippen molar-refractivity contribution in [2.75, 3.05) is 13.2 Å². The van der Waals surface area contributed by atoms with Gasteiger partial charge in [0.1, 0.15) is 6.04 Å². The Balaban J connectivity index is 3.74. The number of carbonyl (C=O) groups excluding carboxylic acids is 1. The molecule has 15 heavy (non-hydrogen) atoms. The van der Waals surface area contributed by atoms with Crippen molar-refractivity contribution < 1.29 is 14.6 Å². The Bertz CT molecular complexity index is 173. The number of esters is 1. The van der Waals surface area contributed by atoms with Gasteiger partial charge in [-0.05, 0) is 12.3 Å². The number of aliphatic hydroxyl groups is 1. The maximum atomic E-state index is 11.2. The van der Waals surface area contributed by atoms with E-state index in [9.17, 15) is 4.79 Å². The number of hydrogen-bond donors (Lipinski definition) is 2. The van der Waals surface area contributed by atoms with E-state index < -0.39 is 12.0 Å². The third kappa shape index (κ3) is 6.47. The van der Waals surface area contributed by atoms with Crippen molar-refractivity contribution >= 4 is 5.97 Å². The van der Waals surface area contributed by atoms with Gasteiger partial charge in [0.2, 0.25) is 0 Å². The van der Waals surface area contributed by atoms with Gasteiger partial charge in [-0.2, -0.15) is 0 Å². The first-order chi connectivity index (χ1) is 7.15. The molecule has 90 valence electrons. The molecule has 0 rings (SSSR count). The van der Waals surface area contributed by atoms with E-state index in [1.54, 1.807) is 0 Å². The van der Waals surface area contributed by atoms with Gasteiger partial charge in [0.15, 0.2) is 0 Å². The molecule has 0 aromatic heterocycles. The van der Waals surface area contributed by atoms with E-state index in [0.29, 0.717) is 12.5 Å². The molecule has 0 aliphatic rings. The smallest absolute Gasteiger partial charge is 0.325 e. The first-order valence-corrected chi connectivity index (χ1v) is 5.68. The molecule has 2 atom stereocenters. The lowest BCUT2D eigenvalue weighted by atomic mass is 10.0. The number of hydrogen-bond acceptors (Lipinski definition) is 4. The van der Waals surface area contributed by atoms with Crippen LogP contribution in [0.25, 0.3) is 0 Å². The molecule has 0 spiro atoms. The van der Waals surface area contributed by atoms with Crippen LogP contribution in [-0.4, -0.2) is 30.3 Å². The van der Waals surface area contributed by atoms with Crippen LogP contribution in [0.2, 0.25) is 0 Å². The normalized spacial score (nSPS) is 14.7. The van der Waals surface area contributed by atoms with Gasteiger partial charge < -0.3 is 15.6 Å². The zero-order valence-electron chi connectivity index (χ0n) is 9.74. The van der Waals surface area contributed by atoms with Crippen molar-refractivity contribution in [1.29, 1.82) is 0 Å². The summed E-state index contributed by atoms with van der Waals surface area (Å²) >= 11 is 0. The van der Waals surface area contributed by atoms with Gasteiger partial charge in [0, 0.05) is 0 Å². The van der Waals surface area contributed by atoms with Crippen LogP contribution in [0, 0.1) is 5.92 Å². The van der Waals surface area contributed by atoms with Crippen molar-refractivity contribution in [3.05, 3.63) is 0 Å². The third-order valence-electron chi connectivity index (χ3n) is 2.50. The first-order valence-electron chi connectivity index (χ1n) is 5.68. The highest BCUT2D eigenvalue weighted by molar-refractivity contribution is 5.75. The lowest BCUT2D eigenvalue weighted by Crippen LogP contribution is -2.36. The van der Waals surface area contributed by atoms with Crippen LogP contribution in [-0.2, 0) is 9.53 Å². The Morgan fingerprint density at radius 2 is 2.13 bits per heavy atom. The van der Waals surface area contributed by atoms with Crippen LogP contribution in [0.5, 0.6) is 0 Å². The standard InChI is InChI=1S/C11H23NO3/c1-3-5-6-9(4-2)8-15-11(14)10(12)7-13/h9-10,13H,3-8,12H2,1-2H3/t9?,10-/m0/s1. The summed E-state index contributed by atoms with van der Waals surface area (Å²) in [5.41, 5.74) is 5.32. The molecular formula is C11H23NO3. The minimum absolute atomic E-state index is 0.357. The van der Waals surface area contributed by atoms with E-state index in [-0.39, 0.29) is 6.61 Å². The van der Waals surface area contributed by atoms with Crippen LogP contribution in [0.1, 0.15) is 39.5 Å². The molecule has 0 aliphatic carbocycles. The summed E-state index contributed by atoms with van der Waals surface area (Å²) in [5.74, 6) is -0.0905. The van der Waals surface area contributed by atoms with Crippen molar-refractivity contribution in [2.24, 2.45) is 11.7 Å². The second-order valence-corrected chi connectivity index (χ2v) is 3.84. The molecule has 0 saturated heterocycles. The Kier molecular flexibility index (Phi) is 8.33. The molecule has 4 heteroatoms. The molecule has 0 aliphatic heterocycles. The topological polar surface area (TPSA) is 72.5 Å². The molecule has 0 aromatic carbocycles. The lowest BCUT2D eigenvalue weighted by Gasteiger charge is -2.16. The molecule has 0 fully saturated rings. The minimum Gasteiger partial charge on any atom is -0.464 e. The van der Waals surface area contributed by atoms with Gasteiger partial charge in [-0.1, -0.05) is 33.1 Å². The van der Waals surface area contributed by atoms with E-state index in [4.69, 9.17) is 15.6 Å². The number of carbonyl (C=O) groups is 1. The number of nitrogens with two attached hydrogens (primary N) is 1. The van der Waals surface area contributed by atoms with Crippen molar-refractivity contribution in [3.63, 3.8) is 0 Å². The van der Waals surface area contributed by atoms with Crippen LogP contribution in [0.4, 0.5) is 0 Å². The molecule has 1 unspecified atom stereocenters. The molecule has 4 nitrogen and oxygen atoms in total. The summed E-state index contributed by atoms with van der Waals surface area (Å²) in [6.07, 6.45) is 4.39. The summed E-state index contributed by atoms with van der Waals surface area (Å²) in [7, 11) is 0. The van der Waals surface area contributed by atoms with Crippen LogP contribution >= 0.6 is 0 Å². The molecular weight excluding hydrogens is 194 g/mol. The fourth-order valence-electron chi connectivity index (χ4n) is 1.28. The molecule has 0 aromatic rings. The Hall–Kier alpha value is -0.610. The summed E-state index contributed by atoms with van der Waals surface area (Å²) in [4.78, 5) is 11.2. The van der Waals surface area contributed by atoms with E-state index in [1.807, 2.05) is 0 Å². The predicted octanol–water partition coefficient (Wildman–Crippen LogP) is 1.07. The number of unbranched alkanes of at least 4 members (excludes halogenated alkanes) is 1. The minimum atomic E-state index is -0.895. The van der Waals surface area contributed by atoms with Crippen LogP contribution in [0.15, 0.2) is 0 Å². The van der Waals surface area contributed by atoms with Gasteiger partial charge in [-0.25, -0.2) is 0 Å². The van der Waals surface area contributed by atoms with Gasteiger partial charge in [-0.15, -0.1) is 0 Å². The molecule has 0 saturated carbocycles. The second kappa shape index (κ2) is 8.68. The fraction of sp³-hybridized carbons (Fsp3) is 0.909. The van der Waals surface area contributed by atoms with Crippen molar-refractivity contribution in [3.8, 4) is 0 Å². The predicted molar refractivity (Wildman–Crippen MR) is 59.3 cm³/mol. The summed E-state index contributed by atoms with van der Waals surface area (Å²) < 4.78 is 5.02. The molecule has 0 amide bonds. The fourth-order valence-corrected chi connectivity index (χ4v) is 1.28. The van der Waals surface area contributed by atoms with Gasteiger partial charge in [-0.3, -0.25) is 4.79 Å². The lowest BCUT2D eigenvalue weighted by molar-refractivity contribution is -0.147. The highest BCUT2D eigenvalue weighted by Crippen LogP contribution is 2.12. The quantitative estimate of drug-likeness (QED) is 0.596. The molecule has 0 heterocycles. The first kappa shape index (κ1) is 14.4. The number of rotatable bonds is 8. The summed E-state index contributed by atoms with van der Waals surface area (Å²) in [5, 5.41) is 8.64. The average molecular weight is 217 g/mol. The summed E-state index contributed by atoms with van der Waals surface area (Å²) in [6, 6.07) is -0.895. The summed E-state index contributed by atoms with van der Waals surface area (Å²) in [6.45, 7) is 4.29. The molecule has 0 bridgehead atoms. The van der Waals surface area contributed by atoms with E-state index in [1.165, 1.54) is 0 Å². The largest absolute Gasteiger partial charge is 0.464 e. The highest BCUT2D eigenvalue weighted by atomic mass is 16.5. The third-order valence-corrected chi connectivity index (χ3v) is 2.50.